The number of piperidine rings is 2. The van der Waals surface area contributed by atoms with E-state index in [1.165, 1.54) is 4.31 Å². The molecule has 0 unspecified atom stereocenters. The summed E-state index contributed by atoms with van der Waals surface area (Å²) in [5, 5.41) is 2.30. The number of fused-ring (bicyclic) bond motifs is 2. The molecule has 2 fully saturated rings. The second kappa shape index (κ2) is 4.92. The van der Waals surface area contributed by atoms with Crippen molar-refractivity contribution < 1.29 is 18.0 Å². The molecule has 2 aliphatic heterocycles. The van der Waals surface area contributed by atoms with E-state index in [1.54, 1.807) is 24.3 Å². The fourth-order valence-electron chi connectivity index (χ4n) is 2.82. The van der Waals surface area contributed by atoms with Gasteiger partial charge in [-0.15, -0.1) is 0 Å². The van der Waals surface area contributed by atoms with E-state index in [0.29, 0.717) is 6.42 Å². The summed E-state index contributed by atoms with van der Waals surface area (Å²) in [6.07, 6.45) is 0.435. The smallest absolute Gasteiger partial charge is 0.243 e. The first-order chi connectivity index (χ1) is 9.88. The molecule has 3 rings (SSSR count). The Morgan fingerprint density at radius 2 is 1.57 bits per heavy atom. The van der Waals surface area contributed by atoms with E-state index in [1.807, 2.05) is 6.92 Å². The Morgan fingerprint density at radius 1 is 1.05 bits per heavy atom. The fraction of sp³-hybridized carbons (Fsp3) is 0.429. The predicted octanol–water partition coefficient (Wildman–Crippen LogP) is 0.278. The Bertz CT molecular complexity index is 674. The number of amides is 2. The lowest BCUT2D eigenvalue weighted by molar-refractivity contribution is -0.142. The van der Waals surface area contributed by atoms with Crippen molar-refractivity contribution in [3.8, 4) is 0 Å². The zero-order chi connectivity index (χ0) is 15.2. The number of carbonyl (C=O) groups is 2. The average Bonchev–Trinajstić information content (AvgIpc) is 2.45. The third-order valence-corrected chi connectivity index (χ3v) is 5.91. The normalized spacial score (nSPS) is 26.5. The highest BCUT2D eigenvalue weighted by molar-refractivity contribution is 7.89. The topological polar surface area (TPSA) is 83.6 Å². The minimum Gasteiger partial charge on any atom is -0.296 e. The Labute approximate surface area is 123 Å². The van der Waals surface area contributed by atoms with Gasteiger partial charge in [-0.25, -0.2) is 8.42 Å². The van der Waals surface area contributed by atoms with Crippen LogP contribution in [-0.2, 0) is 19.6 Å². The minimum atomic E-state index is -3.67. The quantitative estimate of drug-likeness (QED) is 0.795. The highest BCUT2D eigenvalue weighted by Crippen LogP contribution is 2.30. The number of nitrogens with zero attached hydrogens (tertiary/aromatic N) is 1. The van der Waals surface area contributed by atoms with Crippen molar-refractivity contribution in [2.75, 3.05) is 13.1 Å². The number of hydrogen-bond donors (Lipinski definition) is 1. The lowest BCUT2D eigenvalue weighted by atomic mass is 9.86. The van der Waals surface area contributed by atoms with E-state index < -0.39 is 21.9 Å². The SMILES string of the molecule is Cc1ccc(S(=O)(=O)N2C[C@@H]3C[C@@H](C2)C(=O)NC3=O)cc1. The number of hydrogen-bond acceptors (Lipinski definition) is 4. The number of nitrogens with one attached hydrogen (secondary N) is 1. The summed E-state index contributed by atoms with van der Waals surface area (Å²) in [5.41, 5.74) is 0.971. The monoisotopic (exact) mass is 308 g/mol. The van der Waals surface area contributed by atoms with Crippen molar-refractivity contribution in [2.45, 2.75) is 18.2 Å². The van der Waals surface area contributed by atoms with Gasteiger partial charge in [0.05, 0.1) is 16.7 Å². The van der Waals surface area contributed by atoms with E-state index in [4.69, 9.17) is 0 Å². The maximum atomic E-state index is 12.6. The molecule has 2 heterocycles. The number of sulfonamides is 1. The van der Waals surface area contributed by atoms with Crippen LogP contribution in [-0.4, -0.2) is 37.6 Å². The van der Waals surface area contributed by atoms with Gasteiger partial charge in [0.15, 0.2) is 0 Å². The molecule has 0 spiro atoms. The Morgan fingerprint density at radius 3 is 2.10 bits per heavy atom. The predicted molar refractivity (Wildman–Crippen MR) is 74.7 cm³/mol. The van der Waals surface area contributed by atoms with Gasteiger partial charge in [-0.3, -0.25) is 14.9 Å². The summed E-state index contributed by atoms with van der Waals surface area (Å²) in [6.45, 7) is 2.14. The molecule has 0 radical (unpaired) electrons. The second-order valence-electron chi connectivity index (χ2n) is 5.62. The van der Waals surface area contributed by atoms with E-state index in [-0.39, 0.29) is 29.8 Å². The molecular weight excluding hydrogens is 292 g/mol. The first kappa shape index (κ1) is 14.2. The van der Waals surface area contributed by atoms with Gasteiger partial charge in [0.1, 0.15) is 0 Å². The lowest BCUT2D eigenvalue weighted by Crippen LogP contribution is -2.57. The van der Waals surface area contributed by atoms with E-state index in [9.17, 15) is 18.0 Å². The van der Waals surface area contributed by atoms with Crippen molar-refractivity contribution in [3.05, 3.63) is 29.8 Å². The largest absolute Gasteiger partial charge is 0.296 e. The van der Waals surface area contributed by atoms with E-state index in [2.05, 4.69) is 5.32 Å². The summed E-state index contributed by atoms with van der Waals surface area (Å²) in [7, 11) is -3.67. The summed E-state index contributed by atoms with van der Waals surface area (Å²) >= 11 is 0. The van der Waals surface area contributed by atoms with Gasteiger partial charge in [0.2, 0.25) is 21.8 Å². The number of benzene rings is 1. The molecular formula is C14H16N2O4S. The molecule has 0 aromatic heterocycles. The molecule has 6 nitrogen and oxygen atoms in total. The lowest BCUT2D eigenvalue weighted by Gasteiger charge is -2.38. The molecule has 1 N–H and O–H groups in total. The molecule has 0 saturated carbocycles. The summed E-state index contributed by atoms with van der Waals surface area (Å²) in [6, 6.07) is 6.57. The molecule has 2 saturated heterocycles. The number of aryl methyl sites for hydroxylation is 1. The first-order valence-electron chi connectivity index (χ1n) is 6.79. The van der Waals surface area contributed by atoms with Crippen LogP contribution in [0.2, 0.25) is 0 Å². The van der Waals surface area contributed by atoms with Crippen LogP contribution in [0.1, 0.15) is 12.0 Å². The summed E-state index contributed by atoms with van der Waals surface area (Å²) in [5.74, 6) is -1.64. The third kappa shape index (κ3) is 2.47. The van der Waals surface area contributed by atoms with Crippen molar-refractivity contribution >= 4 is 21.8 Å². The number of imide groups is 1. The number of rotatable bonds is 2. The zero-order valence-electron chi connectivity index (χ0n) is 11.6. The first-order valence-corrected chi connectivity index (χ1v) is 8.23. The van der Waals surface area contributed by atoms with Crippen LogP contribution in [0.5, 0.6) is 0 Å². The molecule has 1 aromatic carbocycles. The highest BCUT2D eigenvalue weighted by Gasteiger charge is 2.44. The fourth-order valence-corrected chi connectivity index (χ4v) is 4.35. The van der Waals surface area contributed by atoms with Gasteiger partial charge >= 0.3 is 0 Å². The van der Waals surface area contributed by atoms with Gasteiger partial charge in [0, 0.05) is 13.1 Å². The van der Waals surface area contributed by atoms with Crippen LogP contribution in [0.25, 0.3) is 0 Å². The summed E-state index contributed by atoms with van der Waals surface area (Å²) < 4.78 is 26.5. The van der Waals surface area contributed by atoms with Gasteiger partial charge in [-0.1, -0.05) is 17.7 Å². The average molecular weight is 308 g/mol. The van der Waals surface area contributed by atoms with E-state index in [0.717, 1.165) is 5.56 Å². The molecule has 21 heavy (non-hydrogen) atoms. The Hall–Kier alpha value is -1.73. The van der Waals surface area contributed by atoms with Gasteiger partial charge in [0.25, 0.3) is 0 Å². The molecule has 2 amide bonds. The molecule has 112 valence electrons. The molecule has 0 aliphatic carbocycles. The Balaban J connectivity index is 1.91. The van der Waals surface area contributed by atoms with Gasteiger partial charge in [-0.2, -0.15) is 4.31 Å². The highest BCUT2D eigenvalue weighted by atomic mass is 32.2. The molecule has 1 aromatic rings. The van der Waals surface area contributed by atoms with Crippen LogP contribution >= 0.6 is 0 Å². The van der Waals surface area contributed by atoms with Crippen molar-refractivity contribution in [1.82, 2.24) is 9.62 Å². The molecule has 2 atom stereocenters. The Kier molecular flexibility index (Phi) is 3.33. The summed E-state index contributed by atoms with van der Waals surface area (Å²) in [4.78, 5) is 23.6. The van der Waals surface area contributed by atoms with Crippen LogP contribution in [0.15, 0.2) is 29.2 Å². The van der Waals surface area contributed by atoms with Crippen molar-refractivity contribution in [3.63, 3.8) is 0 Å². The van der Waals surface area contributed by atoms with Crippen LogP contribution in [0.3, 0.4) is 0 Å². The van der Waals surface area contributed by atoms with Gasteiger partial charge < -0.3 is 0 Å². The van der Waals surface area contributed by atoms with E-state index >= 15 is 0 Å². The molecule has 2 bridgehead atoms. The minimum absolute atomic E-state index is 0.131. The van der Waals surface area contributed by atoms with Crippen LogP contribution < -0.4 is 5.32 Å². The van der Waals surface area contributed by atoms with Crippen LogP contribution in [0, 0.1) is 18.8 Å². The zero-order valence-corrected chi connectivity index (χ0v) is 12.4. The standard InChI is InChI=1S/C14H16N2O4S/c1-9-2-4-12(5-3-9)21(19,20)16-7-10-6-11(8-16)14(18)15-13(10)17/h2-5,10-11H,6-8H2,1H3,(H,15,17,18)/t10-,11-/m0/s1. The van der Waals surface area contributed by atoms with Crippen LogP contribution in [0.4, 0.5) is 0 Å². The molecule has 7 heteroatoms. The third-order valence-electron chi connectivity index (χ3n) is 4.06. The van der Waals surface area contributed by atoms with Crippen molar-refractivity contribution in [2.24, 2.45) is 11.8 Å². The van der Waals surface area contributed by atoms with Crippen molar-refractivity contribution in [1.29, 1.82) is 0 Å². The maximum Gasteiger partial charge on any atom is 0.243 e. The maximum absolute atomic E-state index is 12.6. The van der Waals surface area contributed by atoms with Gasteiger partial charge in [-0.05, 0) is 25.5 Å². The second-order valence-corrected chi connectivity index (χ2v) is 7.56. The number of carbonyl (C=O) groups excluding carboxylic acids is 2. The molecule has 2 aliphatic rings.